The molecule has 6 bridgehead atoms. The van der Waals surface area contributed by atoms with Crippen molar-refractivity contribution >= 4 is 28.5 Å². The molecule has 30 heavy (non-hydrogen) atoms. The number of rotatable bonds is 0. The fourth-order valence-electron chi connectivity index (χ4n) is 4.19. The van der Waals surface area contributed by atoms with Gasteiger partial charge in [-0.25, -0.2) is 9.78 Å². The van der Waals surface area contributed by atoms with Crippen LogP contribution in [0.3, 0.4) is 0 Å². The van der Waals surface area contributed by atoms with Gasteiger partial charge in [0.05, 0.1) is 17.8 Å². The Kier molecular flexibility index (Phi) is 5.13. The van der Waals surface area contributed by atoms with Gasteiger partial charge in [-0.3, -0.25) is 5.10 Å². The number of fused-ring (bicyclic) bond motifs is 9. The van der Waals surface area contributed by atoms with Crippen LogP contribution < -0.4 is 15.4 Å². The maximum absolute atomic E-state index is 12.0. The zero-order valence-electron chi connectivity index (χ0n) is 16.7. The van der Waals surface area contributed by atoms with Crippen LogP contribution in [0.4, 0.5) is 16.3 Å². The number of hydrogen-bond acceptors (Lipinski definition) is 6. The number of ether oxygens (including phenoxy) is 2. The number of benzene rings is 1. The molecule has 8 heteroatoms. The van der Waals surface area contributed by atoms with Crippen molar-refractivity contribution in [1.29, 1.82) is 0 Å². The summed E-state index contributed by atoms with van der Waals surface area (Å²) in [4.78, 5) is 16.6. The van der Waals surface area contributed by atoms with Gasteiger partial charge in [0.15, 0.2) is 5.82 Å². The zero-order valence-corrected chi connectivity index (χ0v) is 16.7. The second kappa shape index (κ2) is 8.22. The molecule has 1 aromatic carbocycles. The number of nitrogens with zero attached hydrogens (tertiary/aromatic N) is 2. The van der Waals surface area contributed by atoms with E-state index in [1.165, 1.54) is 0 Å². The number of carbonyl (C=O) groups is 1. The lowest BCUT2D eigenvalue weighted by Crippen LogP contribution is -2.29. The molecule has 0 spiro atoms. The molecule has 2 aromatic heterocycles. The lowest BCUT2D eigenvalue weighted by molar-refractivity contribution is 0.0999. The first-order valence-corrected chi connectivity index (χ1v) is 10.5. The van der Waals surface area contributed by atoms with E-state index in [0.717, 1.165) is 60.2 Å². The molecule has 8 nitrogen and oxygen atoms in total. The molecule has 156 valence electrons. The fourth-order valence-corrected chi connectivity index (χ4v) is 4.19. The minimum atomic E-state index is -0.338. The van der Waals surface area contributed by atoms with Crippen molar-refractivity contribution in [2.75, 3.05) is 18.5 Å². The van der Waals surface area contributed by atoms with E-state index >= 15 is 0 Å². The molecule has 3 heterocycles. The van der Waals surface area contributed by atoms with Crippen LogP contribution in [0.25, 0.3) is 10.9 Å². The number of anilines is 2. The number of H-pyrrole nitrogens is 1. The van der Waals surface area contributed by atoms with Gasteiger partial charge in [0, 0.05) is 35.7 Å². The van der Waals surface area contributed by atoms with Crippen LogP contribution in [0.15, 0.2) is 36.4 Å². The van der Waals surface area contributed by atoms with Crippen molar-refractivity contribution in [2.24, 2.45) is 0 Å². The Bertz CT molecular complexity index is 1050. The Morgan fingerprint density at radius 2 is 2.03 bits per heavy atom. The largest absolute Gasteiger partial charge is 0.478 e. The van der Waals surface area contributed by atoms with Crippen molar-refractivity contribution in [3.05, 3.63) is 42.1 Å². The molecule has 5 rings (SSSR count). The van der Waals surface area contributed by atoms with Crippen LogP contribution in [0.2, 0.25) is 0 Å². The second-order valence-electron chi connectivity index (χ2n) is 7.88. The number of carbonyl (C=O) groups excluding carboxylic acids is 1. The average Bonchev–Trinajstić information content (AvgIpc) is 3.39. The van der Waals surface area contributed by atoms with Gasteiger partial charge in [0.25, 0.3) is 0 Å². The predicted molar refractivity (Wildman–Crippen MR) is 113 cm³/mol. The normalized spacial score (nSPS) is 22.2. The molecule has 3 N–H and O–H groups in total. The molecule has 1 saturated carbocycles. The summed E-state index contributed by atoms with van der Waals surface area (Å²) in [7, 11) is 0. The van der Waals surface area contributed by atoms with Crippen LogP contribution >= 0.6 is 0 Å². The molecular weight excluding hydrogens is 382 g/mol. The smallest absolute Gasteiger partial charge is 0.407 e. The third kappa shape index (κ3) is 4.03. The summed E-state index contributed by atoms with van der Waals surface area (Å²) in [6, 6.07) is 11.9. The average molecular weight is 407 g/mol. The van der Waals surface area contributed by atoms with E-state index in [1.807, 2.05) is 36.4 Å². The van der Waals surface area contributed by atoms with Gasteiger partial charge in [-0.05, 0) is 38.2 Å². The van der Waals surface area contributed by atoms with Crippen molar-refractivity contribution in [3.8, 4) is 5.88 Å². The highest BCUT2D eigenvalue weighted by Gasteiger charge is 2.30. The van der Waals surface area contributed by atoms with Crippen LogP contribution in [-0.2, 0) is 4.74 Å². The molecule has 1 aliphatic heterocycles. The fraction of sp³-hybridized carbons (Fsp3) is 0.409. The van der Waals surface area contributed by atoms with Gasteiger partial charge in [-0.1, -0.05) is 18.2 Å². The molecular formula is C22H25N5O3. The Balaban J connectivity index is 1.45. The quantitative estimate of drug-likeness (QED) is 0.515. The summed E-state index contributed by atoms with van der Waals surface area (Å²) in [5.41, 5.74) is 2.83. The van der Waals surface area contributed by atoms with Crippen LogP contribution in [-0.4, -0.2) is 40.5 Å². The molecule has 0 unspecified atom stereocenters. The summed E-state index contributed by atoms with van der Waals surface area (Å²) in [6.07, 6.45) is 3.88. The first-order chi connectivity index (χ1) is 14.7. The third-order valence-corrected chi connectivity index (χ3v) is 5.74. The van der Waals surface area contributed by atoms with Crippen molar-refractivity contribution < 1.29 is 14.3 Å². The van der Waals surface area contributed by atoms with Crippen LogP contribution in [0, 0.1) is 0 Å². The minimum Gasteiger partial charge on any atom is -0.478 e. The number of aromatic amines is 1. The summed E-state index contributed by atoms with van der Waals surface area (Å²) in [5.74, 6) is 1.62. The van der Waals surface area contributed by atoms with Crippen molar-refractivity contribution in [1.82, 2.24) is 20.5 Å². The maximum Gasteiger partial charge on any atom is 0.407 e. The maximum atomic E-state index is 12.0. The Hall–Kier alpha value is -3.29. The predicted octanol–water partition coefficient (Wildman–Crippen LogP) is 4.24. The van der Waals surface area contributed by atoms with Gasteiger partial charge in [-0.15, -0.1) is 0 Å². The molecule has 1 amide bonds. The SMILES string of the molecule is O=C1NCCCCOc2cc(c3ccccc3n2)Nc2cc([nH]n2)[C@H]2CC[C@H](C2)O1. The highest BCUT2D eigenvalue weighted by atomic mass is 16.6. The highest BCUT2D eigenvalue weighted by Crippen LogP contribution is 2.36. The number of para-hydroxylation sites is 1. The zero-order chi connectivity index (χ0) is 20.3. The molecule has 1 aliphatic carbocycles. The summed E-state index contributed by atoms with van der Waals surface area (Å²) in [6.45, 7) is 1.10. The molecule has 0 saturated heterocycles. The number of hydrogen-bond donors (Lipinski definition) is 3. The third-order valence-electron chi connectivity index (χ3n) is 5.74. The van der Waals surface area contributed by atoms with Gasteiger partial charge in [0.1, 0.15) is 6.10 Å². The van der Waals surface area contributed by atoms with Gasteiger partial charge in [-0.2, -0.15) is 5.10 Å². The molecule has 2 atom stereocenters. The van der Waals surface area contributed by atoms with Gasteiger partial charge < -0.3 is 20.1 Å². The lowest BCUT2D eigenvalue weighted by Gasteiger charge is -2.14. The van der Waals surface area contributed by atoms with Crippen LogP contribution in [0.5, 0.6) is 5.88 Å². The number of nitrogens with one attached hydrogen (secondary N) is 3. The Morgan fingerprint density at radius 1 is 1.10 bits per heavy atom. The van der Waals surface area contributed by atoms with E-state index in [-0.39, 0.29) is 12.2 Å². The highest BCUT2D eigenvalue weighted by molar-refractivity contribution is 5.93. The second-order valence-corrected chi connectivity index (χ2v) is 7.88. The summed E-state index contributed by atoms with van der Waals surface area (Å²) >= 11 is 0. The topological polar surface area (TPSA) is 101 Å². The van der Waals surface area contributed by atoms with Gasteiger partial charge in [0.2, 0.25) is 5.88 Å². The van der Waals surface area contributed by atoms with E-state index < -0.39 is 0 Å². The molecule has 3 aromatic rings. The van der Waals surface area contributed by atoms with E-state index in [0.29, 0.717) is 24.9 Å². The van der Waals surface area contributed by atoms with Crippen LogP contribution in [0.1, 0.15) is 43.7 Å². The Labute approximate surface area is 174 Å². The number of aromatic nitrogens is 3. The number of amides is 1. The lowest BCUT2D eigenvalue weighted by atomic mass is 10.0. The van der Waals surface area contributed by atoms with E-state index in [9.17, 15) is 4.79 Å². The van der Waals surface area contributed by atoms with E-state index in [2.05, 4.69) is 25.8 Å². The standard InChI is InChI=1S/C22H25N5O3/c28-22-23-9-3-4-10-29-21-13-19(16-5-1-2-6-17(16)25-21)24-20-12-18(26-27-20)14-7-8-15(11-14)30-22/h1-2,5-6,12-15H,3-4,7-11H2,(H,23,28)(H2,24,26,27)/t14-,15+/m0/s1. The van der Waals surface area contributed by atoms with E-state index in [1.54, 1.807) is 0 Å². The molecule has 1 fully saturated rings. The van der Waals surface area contributed by atoms with Gasteiger partial charge >= 0.3 is 6.09 Å². The molecule has 0 radical (unpaired) electrons. The summed E-state index contributed by atoms with van der Waals surface area (Å²) < 4.78 is 11.5. The monoisotopic (exact) mass is 407 g/mol. The van der Waals surface area contributed by atoms with E-state index in [4.69, 9.17) is 9.47 Å². The minimum absolute atomic E-state index is 0.0522. The van der Waals surface area contributed by atoms with Crippen molar-refractivity contribution in [3.63, 3.8) is 0 Å². The Morgan fingerprint density at radius 3 is 3.00 bits per heavy atom. The molecule has 2 aliphatic rings. The summed E-state index contributed by atoms with van der Waals surface area (Å²) in [5, 5.41) is 14.9. The number of alkyl carbamates (subject to hydrolysis) is 1. The van der Waals surface area contributed by atoms with Crippen molar-refractivity contribution in [2.45, 2.75) is 44.1 Å². The first kappa shape index (κ1) is 18.7. The number of pyridine rings is 1. The first-order valence-electron chi connectivity index (χ1n) is 10.5.